The van der Waals surface area contributed by atoms with Gasteiger partial charge in [-0.1, -0.05) is 18.2 Å². The molecule has 0 spiro atoms. The normalized spacial score (nSPS) is 9.36. The summed E-state index contributed by atoms with van der Waals surface area (Å²) in [6.07, 6.45) is 2.03. The van der Waals surface area contributed by atoms with Crippen LogP contribution in [0.1, 0.15) is 5.56 Å². The summed E-state index contributed by atoms with van der Waals surface area (Å²) >= 11 is 0. The molecule has 1 heterocycles. The lowest BCUT2D eigenvalue weighted by Crippen LogP contribution is -1.64. The maximum Gasteiger partial charge on any atom is 0.692 e. The van der Waals surface area contributed by atoms with Crippen molar-refractivity contribution in [1.29, 1.82) is 0 Å². The molecule has 5 heteroatoms. The van der Waals surface area contributed by atoms with Crippen LogP contribution in [0.3, 0.4) is 0 Å². The first-order valence-corrected chi connectivity index (χ1v) is 5.15. The first kappa shape index (κ1) is 10.9. The van der Waals surface area contributed by atoms with Crippen molar-refractivity contribution in [3.05, 3.63) is 36.0 Å². The van der Waals surface area contributed by atoms with Gasteiger partial charge in [-0.25, -0.2) is 0 Å². The van der Waals surface area contributed by atoms with E-state index in [9.17, 15) is 0 Å². The van der Waals surface area contributed by atoms with Gasteiger partial charge in [0.25, 0.3) is 0 Å². The summed E-state index contributed by atoms with van der Waals surface area (Å²) in [7, 11) is -2.87. The minimum Gasteiger partial charge on any atom is -0.361 e. The quantitative estimate of drug-likeness (QED) is 0.585. The Kier molecular flexibility index (Phi) is 3.77. The van der Waals surface area contributed by atoms with E-state index < -0.39 is 8.25 Å². The molecule has 0 saturated carbocycles. The molecule has 2 rings (SSSR count). The van der Waals surface area contributed by atoms with Crippen molar-refractivity contribution in [3.8, 4) is 0 Å². The van der Waals surface area contributed by atoms with Gasteiger partial charge in [-0.2, -0.15) is 0 Å². The van der Waals surface area contributed by atoms with Crippen molar-refractivity contribution < 1.29 is 14.4 Å². The fourth-order valence-electron chi connectivity index (χ4n) is 1.22. The molecular weight excluding hydrogens is 201 g/mol. The molecular formula is C9H11NO3P+. The third-order valence-corrected chi connectivity index (χ3v) is 1.80. The van der Waals surface area contributed by atoms with Crippen LogP contribution < -0.4 is 0 Å². The van der Waals surface area contributed by atoms with Crippen molar-refractivity contribution in [2.24, 2.45) is 0 Å². The Morgan fingerprint density at radius 3 is 2.43 bits per heavy atom. The van der Waals surface area contributed by atoms with Crippen LogP contribution in [-0.4, -0.2) is 14.8 Å². The lowest BCUT2D eigenvalue weighted by molar-refractivity contribution is 0.405. The van der Waals surface area contributed by atoms with Crippen LogP contribution in [0.4, 0.5) is 0 Å². The van der Waals surface area contributed by atoms with Gasteiger partial charge in [0, 0.05) is 21.7 Å². The topological polar surface area (TPSA) is 73.3 Å². The summed E-state index contributed by atoms with van der Waals surface area (Å²) < 4.78 is 8.70. The summed E-state index contributed by atoms with van der Waals surface area (Å²) in [6, 6.07) is 8.31. The van der Waals surface area contributed by atoms with E-state index >= 15 is 0 Å². The van der Waals surface area contributed by atoms with Crippen molar-refractivity contribution in [3.63, 3.8) is 0 Å². The van der Waals surface area contributed by atoms with Crippen LogP contribution >= 0.6 is 8.25 Å². The maximum atomic E-state index is 8.70. The highest BCUT2D eigenvalue weighted by molar-refractivity contribution is 7.30. The molecule has 0 aliphatic heterocycles. The lowest BCUT2D eigenvalue weighted by Gasteiger charge is -1.86. The number of benzene rings is 1. The lowest BCUT2D eigenvalue weighted by atomic mass is 10.2. The Morgan fingerprint density at radius 2 is 1.86 bits per heavy atom. The Morgan fingerprint density at radius 1 is 1.29 bits per heavy atom. The third-order valence-electron chi connectivity index (χ3n) is 1.80. The first-order chi connectivity index (χ1) is 6.61. The Hall–Kier alpha value is -1.22. The van der Waals surface area contributed by atoms with E-state index in [-0.39, 0.29) is 0 Å². The number of H-pyrrole nitrogens is 1. The highest BCUT2D eigenvalue weighted by atomic mass is 31.1. The van der Waals surface area contributed by atoms with E-state index in [4.69, 9.17) is 14.4 Å². The van der Waals surface area contributed by atoms with E-state index in [1.807, 2.05) is 12.3 Å². The fourth-order valence-corrected chi connectivity index (χ4v) is 1.22. The molecule has 0 unspecified atom stereocenters. The minimum atomic E-state index is -2.87. The van der Waals surface area contributed by atoms with Gasteiger partial charge in [0.15, 0.2) is 0 Å². The molecule has 0 atom stereocenters. The van der Waals surface area contributed by atoms with E-state index in [0.717, 1.165) is 0 Å². The second kappa shape index (κ2) is 4.86. The largest absolute Gasteiger partial charge is 0.692 e. The second-order valence-corrected chi connectivity index (χ2v) is 3.28. The van der Waals surface area contributed by atoms with Gasteiger partial charge in [0.1, 0.15) is 0 Å². The van der Waals surface area contributed by atoms with Gasteiger partial charge in [-0.3, -0.25) is 0 Å². The molecule has 0 amide bonds. The predicted molar refractivity (Wildman–Crippen MR) is 55.1 cm³/mol. The number of nitrogens with one attached hydrogen (secondary N) is 1. The van der Waals surface area contributed by atoms with E-state index in [1.165, 1.54) is 16.5 Å². The van der Waals surface area contributed by atoms with Crippen molar-refractivity contribution in [2.45, 2.75) is 6.92 Å². The van der Waals surface area contributed by atoms with Gasteiger partial charge in [0.05, 0.1) is 0 Å². The molecule has 0 saturated heterocycles. The van der Waals surface area contributed by atoms with Crippen LogP contribution in [0.5, 0.6) is 0 Å². The highest BCUT2D eigenvalue weighted by Crippen LogP contribution is 2.15. The standard InChI is InChI=1S/C9H9N.HO3P/c1-7-6-10-9-5-3-2-4-8(7)9;1-4(2)3/h2-6,10H,1H3;(H-,1,2,3)/p+1. The summed E-state index contributed by atoms with van der Waals surface area (Å²) in [5, 5.41) is 1.32. The number of aryl methyl sites for hydroxylation is 1. The smallest absolute Gasteiger partial charge is 0.361 e. The van der Waals surface area contributed by atoms with E-state index in [1.54, 1.807) is 0 Å². The van der Waals surface area contributed by atoms with Crippen molar-refractivity contribution in [1.82, 2.24) is 4.98 Å². The summed E-state index contributed by atoms with van der Waals surface area (Å²) in [5.41, 5.74) is 2.54. The predicted octanol–water partition coefficient (Wildman–Crippen LogP) is 2.10. The van der Waals surface area contributed by atoms with Crippen LogP contribution in [0.2, 0.25) is 0 Å². The van der Waals surface area contributed by atoms with Crippen LogP contribution in [0.15, 0.2) is 30.5 Å². The van der Waals surface area contributed by atoms with Gasteiger partial charge in [-0.15, -0.1) is 9.79 Å². The van der Waals surface area contributed by atoms with E-state index in [0.29, 0.717) is 0 Å². The number of aromatic nitrogens is 1. The SMILES string of the molecule is Cc1c[nH]c2ccccc12.O=[P+](O)O. The van der Waals surface area contributed by atoms with Gasteiger partial charge in [0.2, 0.25) is 0 Å². The number of fused-ring (bicyclic) bond motifs is 1. The van der Waals surface area contributed by atoms with Crippen molar-refractivity contribution >= 4 is 19.2 Å². The van der Waals surface area contributed by atoms with E-state index in [2.05, 4.69) is 30.1 Å². The summed E-state index contributed by atoms with van der Waals surface area (Å²) in [6.45, 7) is 2.11. The molecule has 74 valence electrons. The van der Waals surface area contributed by atoms with Crippen LogP contribution in [-0.2, 0) is 4.57 Å². The number of hydrogen-bond acceptors (Lipinski definition) is 1. The Labute approximate surface area is 82.2 Å². The molecule has 1 aromatic heterocycles. The molecule has 1 aromatic carbocycles. The number of aromatic amines is 1. The Bertz CT molecular complexity index is 434. The summed E-state index contributed by atoms with van der Waals surface area (Å²) in [5.74, 6) is 0. The maximum absolute atomic E-state index is 8.70. The molecule has 0 fully saturated rings. The monoisotopic (exact) mass is 212 g/mol. The zero-order valence-electron chi connectivity index (χ0n) is 7.64. The fraction of sp³-hybridized carbons (Fsp3) is 0.111. The molecule has 14 heavy (non-hydrogen) atoms. The third kappa shape index (κ3) is 2.92. The zero-order chi connectivity index (χ0) is 10.6. The first-order valence-electron chi connectivity index (χ1n) is 3.99. The molecule has 4 nitrogen and oxygen atoms in total. The number of para-hydroxylation sites is 1. The molecule has 2 aromatic rings. The van der Waals surface area contributed by atoms with Crippen LogP contribution in [0.25, 0.3) is 10.9 Å². The zero-order valence-corrected chi connectivity index (χ0v) is 8.53. The number of hydrogen-bond donors (Lipinski definition) is 3. The average Bonchev–Trinajstić information content (AvgIpc) is 2.48. The summed E-state index contributed by atoms with van der Waals surface area (Å²) in [4.78, 5) is 17.4. The highest BCUT2D eigenvalue weighted by Gasteiger charge is 1.94. The van der Waals surface area contributed by atoms with Gasteiger partial charge < -0.3 is 4.98 Å². The van der Waals surface area contributed by atoms with Gasteiger partial charge >= 0.3 is 8.25 Å². The second-order valence-electron chi connectivity index (χ2n) is 2.77. The minimum absolute atomic E-state index is 1.22. The van der Waals surface area contributed by atoms with Gasteiger partial charge in [-0.05, 0) is 18.6 Å². The molecule has 0 bridgehead atoms. The number of rotatable bonds is 0. The molecule has 3 N–H and O–H groups in total. The molecule has 0 aliphatic carbocycles. The van der Waals surface area contributed by atoms with Crippen LogP contribution in [0, 0.1) is 6.92 Å². The van der Waals surface area contributed by atoms with Crippen molar-refractivity contribution in [2.75, 3.05) is 0 Å². The Balaban J connectivity index is 0.000000213. The molecule has 0 aliphatic rings. The average molecular weight is 212 g/mol. The molecule has 0 radical (unpaired) electrons.